The number of halogens is 1. The van der Waals surface area contributed by atoms with Crippen LogP contribution in [0.3, 0.4) is 0 Å². The molecule has 0 fully saturated rings. The second-order valence-corrected chi connectivity index (χ2v) is 18.4. The fourth-order valence-corrected chi connectivity index (χ4v) is 9.57. The minimum atomic E-state index is -3.06. The number of hydrogen-bond acceptors (Lipinski definition) is 9. The molecule has 15 heteroatoms. The van der Waals surface area contributed by atoms with Crippen molar-refractivity contribution in [3.8, 4) is 12.3 Å². The molecule has 0 spiro atoms. The van der Waals surface area contributed by atoms with Gasteiger partial charge >= 0.3 is 17.9 Å². The van der Waals surface area contributed by atoms with E-state index in [1.807, 2.05) is 6.92 Å². The number of Topliss-reactive ketones (excluding diaryl/α,β-unsaturated/α-hetero) is 1. The molecule has 6 N–H and O–H groups in total. The third kappa shape index (κ3) is 8.59. The highest BCUT2D eigenvalue weighted by Crippen LogP contribution is 2.67. The topological polar surface area (TPSA) is 224 Å². The highest BCUT2D eigenvalue weighted by Gasteiger charge is 2.77. The lowest BCUT2D eigenvalue weighted by Gasteiger charge is -2.67. The molecule has 320 valence electrons. The van der Waals surface area contributed by atoms with Gasteiger partial charge in [-0.15, -0.1) is 6.42 Å². The largest absolute Gasteiger partial charge is 0.481 e. The summed E-state index contributed by atoms with van der Waals surface area (Å²) in [6.45, 7) is 17.9. The molecule has 0 aliphatic carbocycles. The van der Waals surface area contributed by atoms with Crippen LogP contribution in [0.2, 0.25) is 0 Å². The zero-order valence-electron chi connectivity index (χ0n) is 36.0. The van der Waals surface area contributed by atoms with Crippen LogP contribution in [0.4, 0.5) is 10.1 Å². The number of aromatic nitrogens is 2. The number of nitrogens with two attached hydrogens (primary N) is 1. The first-order valence-corrected chi connectivity index (χ1v) is 19.2. The fourth-order valence-electron chi connectivity index (χ4n) is 9.57. The zero-order chi connectivity index (χ0) is 45.4. The van der Waals surface area contributed by atoms with Gasteiger partial charge in [0.05, 0.1) is 28.9 Å². The van der Waals surface area contributed by atoms with Gasteiger partial charge < -0.3 is 35.8 Å². The van der Waals surface area contributed by atoms with Gasteiger partial charge in [-0.25, -0.2) is 14.2 Å². The molecule has 0 aliphatic heterocycles. The minimum Gasteiger partial charge on any atom is -0.481 e. The molecule has 1 unspecified atom stereocenters. The quantitative estimate of drug-likeness (QED) is 0.0907. The maximum atomic E-state index is 16.6. The van der Waals surface area contributed by atoms with Gasteiger partial charge in [0.15, 0.2) is 5.78 Å². The van der Waals surface area contributed by atoms with Crippen molar-refractivity contribution in [3.63, 3.8) is 0 Å². The highest BCUT2D eigenvalue weighted by atomic mass is 19.1. The Labute approximate surface area is 344 Å². The summed E-state index contributed by atoms with van der Waals surface area (Å²) in [7, 11) is 1.03. The number of nitrogens with one attached hydrogen (secondary N) is 1. The number of carbonyl (C=O) groups excluding carboxylic acids is 2. The molecule has 3 rings (SSSR count). The van der Waals surface area contributed by atoms with Gasteiger partial charge in [0.2, 0.25) is 5.54 Å². The van der Waals surface area contributed by atoms with Crippen LogP contribution in [0.1, 0.15) is 102 Å². The molecule has 2 aromatic carbocycles. The Balaban J connectivity index is 2.37. The molecule has 59 heavy (non-hydrogen) atoms. The Morgan fingerprint density at radius 1 is 0.932 bits per heavy atom. The number of aliphatic carboxylic acids is 3. The fraction of sp³-hybridized carbons (Fsp3) is 0.523. The van der Waals surface area contributed by atoms with Crippen molar-refractivity contribution in [2.75, 3.05) is 18.5 Å². The summed E-state index contributed by atoms with van der Waals surface area (Å²) >= 11 is 0. The van der Waals surface area contributed by atoms with Crippen LogP contribution in [0.5, 0.6) is 0 Å². The number of benzene rings is 2. The SMILES string of the molecule is C#CCN(Cc1cc2c(=O)[nH]c(C)nc2cc1C)c1ccc(C(=O)N(C)[C@@](C(=O)O)(C(=O)CC[C@H](N)C(=O)O)C(C(C(=O)O)C(C)(C)C)(C(C)(C)C)C(C)(C)C)c(F)c1. The number of anilines is 1. The number of aryl methyl sites for hydroxylation is 2. The van der Waals surface area contributed by atoms with Crippen LogP contribution in [0.15, 0.2) is 35.1 Å². The number of aromatic amines is 1. The predicted molar refractivity (Wildman–Crippen MR) is 222 cm³/mol. The number of terminal acetylenes is 1. The Bertz CT molecular complexity index is 2240. The number of ketones is 1. The molecule has 14 nitrogen and oxygen atoms in total. The van der Waals surface area contributed by atoms with Gasteiger partial charge in [-0.1, -0.05) is 68.2 Å². The summed E-state index contributed by atoms with van der Waals surface area (Å²) in [5.41, 5.74) is -2.35. The lowest BCUT2D eigenvalue weighted by molar-refractivity contribution is -0.222. The van der Waals surface area contributed by atoms with Gasteiger partial charge in [0.25, 0.3) is 11.5 Å². The summed E-state index contributed by atoms with van der Waals surface area (Å²) in [5, 5.41) is 32.6. The smallest absolute Gasteiger partial charge is 0.338 e. The van der Waals surface area contributed by atoms with E-state index in [4.69, 9.17) is 12.2 Å². The lowest BCUT2D eigenvalue weighted by atomic mass is 9.37. The molecule has 1 amide bonds. The predicted octanol–water partition coefficient (Wildman–Crippen LogP) is 5.80. The molecule has 0 saturated carbocycles. The first kappa shape index (κ1) is 47.8. The van der Waals surface area contributed by atoms with E-state index in [-0.39, 0.29) is 24.3 Å². The standard InChI is InChI=1S/C44H58FN5O9/c1-14-19-50(23-26-21-29-32(20-24(26)2)47-25(3)48-35(29)52)27-15-16-28(30(45)22-27)36(53)49(13)43(39(58)59,33(51)18-17-31(46)37(54)55)44(41(7,8)9,42(10,11)12)34(38(56)57)40(4,5)6/h1,15-16,20-22,31,34H,17-19,23,46H2,2-13H3,(H,54,55)(H,56,57)(H,58,59)(H,47,48,52)/t31-,34?,43+/m0/s1. The van der Waals surface area contributed by atoms with E-state index >= 15 is 9.18 Å². The van der Waals surface area contributed by atoms with Gasteiger partial charge in [-0.05, 0) is 78.0 Å². The number of fused-ring (bicyclic) bond motifs is 1. The van der Waals surface area contributed by atoms with Crippen molar-refractivity contribution in [3.05, 3.63) is 69.0 Å². The minimum absolute atomic E-state index is 0.0230. The second kappa shape index (κ2) is 16.9. The number of amides is 1. The molecular weight excluding hydrogens is 762 g/mol. The lowest BCUT2D eigenvalue weighted by Crippen LogP contribution is -2.79. The van der Waals surface area contributed by atoms with E-state index < -0.39 is 93.0 Å². The zero-order valence-corrected chi connectivity index (χ0v) is 36.0. The maximum Gasteiger partial charge on any atom is 0.338 e. The Morgan fingerprint density at radius 2 is 1.51 bits per heavy atom. The molecule has 3 atom stereocenters. The van der Waals surface area contributed by atoms with E-state index in [9.17, 15) is 39.3 Å². The van der Waals surface area contributed by atoms with Crippen molar-refractivity contribution in [2.24, 2.45) is 33.3 Å². The van der Waals surface area contributed by atoms with Crippen LogP contribution in [0.25, 0.3) is 10.9 Å². The monoisotopic (exact) mass is 819 g/mol. The van der Waals surface area contributed by atoms with Gasteiger partial charge in [-0.2, -0.15) is 0 Å². The van der Waals surface area contributed by atoms with E-state index in [2.05, 4.69) is 15.9 Å². The van der Waals surface area contributed by atoms with E-state index in [0.29, 0.717) is 27.2 Å². The molecular formula is C44H58FN5O9. The van der Waals surface area contributed by atoms with Crippen LogP contribution < -0.4 is 16.2 Å². The van der Waals surface area contributed by atoms with Gasteiger partial charge in [0.1, 0.15) is 17.7 Å². The van der Waals surface area contributed by atoms with Crippen molar-refractivity contribution < 1.29 is 43.7 Å². The van der Waals surface area contributed by atoms with E-state index in [1.54, 1.807) is 86.3 Å². The number of likely N-dealkylation sites (N-methyl/N-ethyl adjacent to an activating group) is 1. The number of carbonyl (C=O) groups is 5. The molecule has 1 aromatic heterocycles. The Hall–Kier alpha value is -5.62. The van der Waals surface area contributed by atoms with Gasteiger partial charge in [-0.3, -0.25) is 24.0 Å². The first-order valence-electron chi connectivity index (χ1n) is 19.2. The van der Waals surface area contributed by atoms with Crippen molar-refractivity contribution in [1.29, 1.82) is 0 Å². The molecule has 3 aromatic rings. The molecule has 0 bridgehead atoms. The second-order valence-electron chi connectivity index (χ2n) is 18.4. The van der Waals surface area contributed by atoms with Gasteiger partial charge in [0, 0.05) is 31.1 Å². The molecule has 0 aliphatic rings. The van der Waals surface area contributed by atoms with E-state index in [0.717, 1.165) is 24.7 Å². The van der Waals surface area contributed by atoms with Crippen LogP contribution in [0, 0.1) is 59.6 Å². The number of nitrogens with zero attached hydrogens (tertiary/aromatic N) is 3. The van der Waals surface area contributed by atoms with Crippen molar-refractivity contribution >= 4 is 46.2 Å². The Kier molecular flexibility index (Phi) is 13.7. The third-order valence-electron chi connectivity index (χ3n) is 11.5. The molecule has 0 saturated heterocycles. The van der Waals surface area contributed by atoms with Crippen LogP contribution in [-0.4, -0.2) is 85.0 Å². The summed E-state index contributed by atoms with van der Waals surface area (Å²) < 4.78 is 16.6. The number of carboxylic acid groups (broad SMARTS) is 3. The Morgan fingerprint density at radius 3 is 1.97 bits per heavy atom. The van der Waals surface area contributed by atoms with E-state index in [1.165, 1.54) is 6.07 Å². The third-order valence-corrected chi connectivity index (χ3v) is 11.5. The maximum absolute atomic E-state index is 16.6. The number of carboxylic acids is 3. The van der Waals surface area contributed by atoms with Crippen molar-refractivity contribution in [2.45, 2.75) is 107 Å². The number of H-pyrrole nitrogens is 1. The van der Waals surface area contributed by atoms with Crippen LogP contribution in [-0.2, 0) is 25.7 Å². The molecule has 1 heterocycles. The number of hydrogen-bond donors (Lipinski definition) is 5. The first-order chi connectivity index (χ1) is 26.9. The average molecular weight is 820 g/mol. The molecule has 0 radical (unpaired) electrons. The normalized spacial score (nSPS) is 14.5. The summed E-state index contributed by atoms with van der Waals surface area (Å²) in [4.78, 5) is 91.7. The van der Waals surface area contributed by atoms with Crippen molar-refractivity contribution in [1.82, 2.24) is 14.9 Å². The van der Waals surface area contributed by atoms with Crippen LogP contribution >= 0.6 is 0 Å². The summed E-state index contributed by atoms with van der Waals surface area (Å²) in [6.07, 6.45) is 4.39. The summed E-state index contributed by atoms with van der Waals surface area (Å²) in [5.74, 6) is -6.98. The highest BCUT2D eigenvalue weighted by molar-refractivity contribution is 6.14. The average Bonchev–Trinajstić information content (AvgIpc) is 3.08. The number of rotatable bonds is 15. The summed E-state index contributed by atoms with van der Waals surface area (Å²) in [6, 6.07) is 5.41.